The van der Waals surface area contributed by atoms with Crippen molar-refractivity contribution in [1.82, 2.24) is 4.90 Å². The summed E-state index contributed by atoms with van der Waals surface area (Å²) in [6.07, 6.45) is 0.463. The van der Waals surface area contributed by atoms with Gasteiger partial charge in [0.05, 0.1) is 12.5 Å². The van der Waals surface area contributed by atoms with E-state index in [1.807, 2.05) is 0 Å². The Bertz CT molecular complexity index is 244. The van der Waals surface area contributed by atoms with E-state index in [2.05, 4.69) is 0 Å². The van der Waals surface area contributed by atoms with Crippen molar-refractivity contribution in [2.24, 2.45) is 17.4 Å². The summed E-state index contributed by atoms with van der Waals surface area (Å²) in [6.45, 7) is 0.968. The third kappa shape index (κ3) is 2.97. The highest BCUT2D eigenvalue weighted by Gasteiger charge is 2.30. The van der Waals surface area contributed by atoms with Crippen LogP contribution in [0, 0.1) is 5.92 Å². The van der Waals surface area contributed by atoms with Crippen LogP contribution < -0.4 is 11.5 Å². The zero-order valence-electron chi connectivity index (χ0n) is 7.85. The largest absolute Gasteiger partial charge is 0.481 e. The van der Waals surface area contributed by atoms with Crippen LogP contribution in [0.15, 0.2) is 0 Å². The molecule has 14 heavy (non-hydrogen) atoms. The molecule has 0 saturated carbocycles. The van der Waals surface area contributed by atoms with Gasteiger partial charge in [-0.25, -0.2) is 0 Å². The molecule has 1 fully saturated rings. The molecule has 2 unspecified atom stereocenters. The normalized spacial score (nSPS) is 28.6. The lowest BCUT2D eigenvalue weighted by Gasteiger charge is -2.33. The summed E-state index contributed by atoms with van der Waals surface area (Å²) in [5.41, 5.74) is 10.7. The first kappa shape index (κ1) is 10.9. The Balaban J connectivity index is 2.53. The molecule has 6 nitrogen and oxygen atoms in total. The van der Waals surface area contributed by atoms with Gasteiger partial charge in [-0.2, -0.15) is 0 Å². The van der Waals surface area contributed by atoms with E-state index in [4.69, 9.17) is 16.6 Å². The number of primary amides is 1. The molecule has 1 amide bonds. The molecular weight excluding hydrogens is 186 g/mol. The van der Waals surface area contributed by atoms with Crippen molar-refractivity contribution >= 4 is 11.9 Å². The molecule has 1 heterocycles. The number of nitrogens with zero attached hydrogens (tertiary/aromatic N) is 1. The van der Waals surface area contributed by atoms with Crippen molar-refractivity contribution in [3.63, 3.8) is 0 Å². The number of aliphatic carboxylic acids is 1. The fourth-order valence-corrected chi connectivity index (χ4v) is 1.76. The first-order valence-corrected chi connectivity index (χ1v) is 4.48. The van der Waals surface area contributed by atoms with Gasteiger partial charge in [-0.1, -0.05) is 0 Å². The highest BCUT2D eigenvalue weighted by Crippen LogP contribution is 2.15. The van der Waals surface area contributed by atoms with Crippen LogP contribution in [0.1, 0.15) is 6.42 Å². The van der Waals surface area contributed by atoms with Crippen LogP contribution in [0.2, 0.25) is 0 Å². The van der Waals surface area contributed by atoms with Gasteiger partial charge in [-0.3, -0.25) is 14.5 Å². The van der Waals surface area contributed by atoms with Crippen molar-refractivity contribution in [1.29, 1.82) is 0 Å². The molecule has 1 aliphatic heterocycles. The molecule has 5 N–H and O–H groups in total. The number of rotatable bonds is 3. The Hall–Kier alpha value is -1.14. The summed E-state index contributed by atoms with van der Waals surface area (Å²) in [6, 6.07) is -0.191. The second-order valence-corrected chi connectivity index (χ2v) is 3.69. The summed E-state index contributed by atoms with van der Waals surface area (Å²) in [4.78, 5) is 23.1. The van der Waals surface area contributed by atoms with Gasteiger partial charge in [0.2, 0.25) is 5.91 Å². The molecule has 1 rings (SSSR count). The second-order valence-electron chi connectivity index (χ2n) is 3.69. The lowest BCUT2D eigenvalue weighted by atomic mass is 9.95. The van der Waals surface area contributed by atoms with Gasteiger partial charge in [0.1, 0.15) is 0 Å². The molecule has 0 aromatic heterocycles. The van der Waals surface area contributed by atoms with Crippen molar-refractivity contribution in [2.45, 2.75) is 12.5 Å². The average Bonchev–Trinajstić information content (AvgIpc) is 2.01. The molecular formula is C8H15N3O3. The number of piperidine rings is 1. The number of hydrogen-bond acceptors (Lipinski definition) is 4. The standard InChI is InChI=1S/C8H15N3O3/c9-6-1-5(8(13)14)2-11(3-6)4-7(10)12/h5-6H,1-4,9H2,(H2,10,12)(H,13,14). The third-order valence-electron chi connectivity index (χ3n) is 2.29. The van der Waals surface area contributed by atoms with E-state index in [1.165, 1.54) is 0 Å². The zero-order valence-corrected chi connectivity index (χ0v) is 7.85. The molecule has 6 heteroatoms. The van der Waals surface area contributed by atoms with Gasteiger partial charge in [0.15, 0.2) is 0 Å². The number of hydrogen-bond donors (Lipinski definition) is 3. The molecule has 2 atom stereocenters. The Kier molecular flexibility index (Phi) is 3.43. The first-order chi connectivity index (χ1) is 6.49. The Morgan fingerprint density at radius 3 is 2.57 bits per heavy atom. The lowest BCUT2D eigenvalue weighted by molar-refractivity contribution is -0.144. The summed E-state index contributed by atoms with van der Waals surface area (Å²) < 4.78 is 0. The predicted octanol–water partition coefficient (Wildman–Crippen LogP) is -1.79. The minimum atomic E-state index is -0.866. The van der Waals surface area contributed by atoms with E-state index >= 15 is 0 Å². The van der Waals surface area contributed by atoms with Gasteiger partial charge >= 0.3 is 5.97 Å². The van der Waals surface area contributed by atoms with E-state index in [0.29, 0.717) is 19.5 Å². The van der Waals surface area contributed by atoms with Gasteiger partial charge in [-0.05, 0) is 6.42 Å². The van der Waals surface area contributed by atoms with E-state index in [-0.39, 0.29) is 12.6 Å². The predicted molar refractivity (Wildman–Crippen MR) is 49.4 cm³/mol. The van der Waals surface area contributed by atoms with Crippen LogP contribution in [0.4, 0.5) is 0 Å². The SMILES string of the molecule is NC(=O)CN1CC(N)CC(C(=O)O)C1. The Morgan fingerprint density at radius 2 is 2.07 bits per heavy atom. The summed E-state index contributed by atoms with van der Waals surface area (Å²) in [5, 5.41) is 8.81. The van der Waals surface area contributed by atoms with Crippen LogP contribution >= 0.6 is 0 Å². The third-order valence-corrected chi connectivity index (χ3v) is 2.29. The number of nitrogens with two attached hydrogens (primary N) is 2. The number of carboxylic acid groups (broad SMARTS) is 1. The maximum Gasteiger partial charge on any atom is 0.307 e. The number of carbonyl (C=O) groups is 2. The Morgan fingerprint density at radius 1 is 1.43 bits per heavy atom. The lowest BCUT2D eigenvalue weighted by Crippen LogP contribution is -2.51. The molecule has 0 radical (unpaired) electrons. The molecule has 0 spiro atoms. The van der Waals surface area contributed by atoms with E-state index in [0.717, 1.165) is 0 Å². The molecule has 1 saturated heterocycles. The molecule has 1 aliphatic rings. The van der Waals surface area contributed by atoms with E-state index in [1.54, 1.807) is 4.90 Å². The first-order valence-electron chi connectivity index (χ1n) is 4.48. The fourth-order valence-electron chi connectivity index (χ4n) is 1.76. The topological polar surface area (TPSA) is 110 Å². The second kappa shape index (κ2) is 4.39. The van der Waals surface area contributed by atoms with E-state index in [9.17, 15) is 9.59 Å². The van der Waals surface area contributed by atoms with Crippen molar-refractivity contribution in [3.8, 4) is 0 Å². The summed E-state index contributed by atoms with van der Waals surface area (Å²) in [5.74, 6) is -1.81. The fraction of sp³-hybridized carbons (Fsp3) is 0.750. The van der Waals surface area contributed by atoms with Crippen LogP contribution in [0.3, 0.4) is 0 Å². The molecule has 0 aromatic rings. The average molecular weight is 201 g/mol. The van der Waals surface area contributed by atoms with Gasteiger partial charge < -0.3 is 16.6 Å². The molecule has 0 bridgehead atoms. The highest BCUT2D eigenvalue weighted by molar-refractivity contribution is 5.76. The molecule has 0 aromatic carbocycles. The van der Waals surface area contributed by atoms with Gasteiger partial charge in [-0.15, -0.1) is 0 Å². The minimum Gasteiger partial charge on any atom is -0.481 e. The maximum atomic E-state index is 10.7. The van der Waals surface area contributed by atoms with Gasteiger partial charge in [0, 0.05) is 19.1 Å². The van der Waals surface area contributed by atoms with Crippen molar-refractivity contribution in [3.05, 3.63) is 0 Å². The van der Waals surface area contributed by atoms with Crippen LogP contribution in [0.25, 0.3) is 0 Å². The maximum absolute atomic E-state index is 10.7. The smallest absolute Gasteiger partial charge is 0.307 e. The summed E-state index contributed by atoms with van der Waals surface area (Å²) >= 11 is 0. The van der Waals surface area contributed by atoms with Crippen LogP contribution in [0.5, 0.6) is 0 Å². The van der Waals surface area contributed by atoms with Gasteiger partial charge in [0.25, 0.3) is 0 Å². The highest BCUT2D eigenvalue weighted by atomic mass is 16.4. The number of likely N-dealkylation sites (tertiary alicyclic amines) is 1. The van der Waals surface area contributed by atoms with E-state index < -0.39 is 17.8 Å². The van der Waals surface area contributed by atoms with Crippen molar-refractivity contribution < 1.29 is 14.7 Å². The van der Waals surface area contributed by atoms with Crippen molar-refractivity contribution in [2.75, 3.05) is 19.6 Å². The molecule has 80 valence electrons. The van der Waals surface area contributed by atoms with Crippen LogP contribution in [-0.4, -0.2) is 47.6 Å². The zero-order chi connectivity index (χ0) is 10.7. The quantitative estimate of drug-likeness (QED) is 0.499. The monoisotopic (exact) mass is 201 g/mol. The Labute approximate surface area is 81.8 Å². The minimum absolute atomic E-state index is 0.0808. The van der Waals surface area contributed by atoms with Crippen LogP contribution in [-0.2, 0) is 9.59 Å². The number of carboxylic acids is 1. The number of carbonyl (C=O) groups excluding carboxylic acids is 1. The number of amides is 1. The molecule has 0 aliphatic carbocycles. The summed E-state index contributed by atoms with van der Waals surface area (Å²) in [7, 11) is 0.